The zero-order valence-electron chi connectivity index (χ0n) is 6.58. The first-order valence-corrected chi connectivity index (χ1v) is 6.64. The summed E-state index contributed by atoms with van der Waals surface area (Å²) in [6.07, 6.45) is 0. The fourth-order valence-corrected chi connectivity index (χ4v) is 0. The molecule has 0 spiro atoms. The van der Waals surface area contributed by atoms with Gasteiger partial charge in [0.1, 0.15) is 0 Å². The molecule has 0 aliphatic rings. The van der Waals surface area contributed by atoms with E-state index in [4.69, 9.17) is 0 Å². The van der Waals surface area contributed by atoms with Gasteiger partial charge in [-0.1, -0.05) is 13.1 Å². The van der Waals surface area contributed by atoms with E-state index in [2.05, 4.69) is 33.9 Å². The standard InChI is InChI=1S/C4H9.C2H7Si.Sn/c1-4(2)3;1-3-2;/h1-3H3;3H,1-2H3;. The van der Waals surface area contributed by atoms with Crippen molar-refractivity contribution in [3.8, 4) is 0 Å². The Labute approximate surface area is 69.4 Å². The minimum absolute atomic E-state index is 0.590. The van der Waals surface area contributed by atoms with Crippen LogP contribution < -0.4 is 0 Å². The summed E-state index contributed by atoms with van der Waals surface area (Å²) in [7, 11) is 0.750. The topological polar surface area (TPSA) is 0 Å². The maximum Gasteiger partial charge on any atom is 0.0213 e. The molecule has 8 heavy (non-hydrogen) atoms. The minimum Gasteiger partial charge on any atom is -0.0743 e. The van der Waals surface area contributed by atoms with Gasteiger partial charge in [0.2, 0.25) is 0 Å². The van der Waals surface area contributed by atoms with Crippen molar-refractivity contribution in [3.05, 3.63) is 0 Å². The molecule has 0 unspecified atom stereocenters. The molecule has 0 bridgehead atoms. The van der Waals surface area contributed by atoms with Crippen LogP contribution in [0.3, 0.4) is 0 Å². The maximum absolute atomic E-state index is 2.23. The summed E-state index contributed by atoms with van der Waals surface area (Å²) in [5, 5.41) is 0. The van der Waals surface area contributed by atoms with Gasteiger partial charge in [-0.3, -0.25) is 0 Å². The smallest absolute Gasteiger partial charge is 0.0213 e. The molecule has 0 nitrogen and oxygen atoms in total. The third-order valence-electron chi connectivity index (χ3n) is 0. The molecular formula is C6H16SiSn. The Morgan fingerprint density at radius 2 is 1.12 bits per heavy atom. The predicted molar refractivity (Wildman–Crippen MR) is 44.3 cm³/mol. The van der Waals surface area contributed by atoms with Crippen molar-refractivity contribution in [1.29, 1.82) is 0 Å². The third kappa shape index (κ3) is 246. The zero-order valence-corrected chi connectivity index (χ0v) is 10.6. The summed E-state index contributed by atoms with van der Waals surface area (Å²) in [5.74, 6) is 0. The number of hydrogen-bond acceptors (Lipinski definition) is 0. The van der Waals surface area contributed by atoms with E-state index in [1.165, 1.54) is 0 Å². The van der Waals surface area contributed by atoms with Crippen molar-refractivity contribution in [3.63, 3.8) is 0 Å². The van der Waals surface area contributed by atoms with E-state index < -0.39 is 0 Å². The Morgan fingerprint density at radius 1 is 1.12 bits per heavy atom. The van der Waals surface area contributed by atoms with Crippen molar-refractivity contribution in [2.24, 2.45) is 0 Å². The molecule has 0 aliphatic heterocycles. The SMILES string of the molecule is C[C](C)(C)[Sn].C[SiH]C. The quantitative estimate of drug-likeness (QED) is 0.562. The molecular weight excluding hydrogens is 219 g/mol. The van der Waals surface area contributed by atoms with Crippen LogP contribution in [0.4, 0.5) is 0 Å². The Balaban J connectivity index is 0. The monoisotopic (exact) mass is 236 g/mol. The normalized spacial score (nSPS) is 9.75. The fraction of sp³-hybridized carbons (Fsp3) is 1.00. The van der Waals surface area contributed by atoms with Gasteiger partial charge in [0.15, 0.2) is 0 Å². The molecule has 0 rings (SSSR count). The van der Waals surface area contributed by atoms with Crippen molar-refractivity contribution < 1.29 is 0 Å². The maximum atomic E-state index is 2.23. The Bertz CT molecular complexity index is 32.3. The van der Waals surface area contributed by atoms with Crippen LogP contribution in [0.1, 0.15) is 20.8 Å². The molecule has 0 fully saturated rings. The first-order valence-electron chi connectivity index (χ1n) is 2.90. The van der Waals surface area contributed by atoms with Crippen LogP contribution in [0, 0.1) is 0 Å². The zero-order chi connectivity index (χ0) is 7.21. The van der Waals surface area contributed by atoms with Gasteiger partial charge in [0.25, 0.3) is 0 Å². The van der Waals surface area contributed by atoms with Gasteiger partial charge >= 0.3 is 46.7 Å². The van der Waals surface area contributed by atoms with Crippen molar-refractivity contribution >= 4 is 32.0 Å². The van der Waals surface area contributed by atoms with Crippen LogP contribution >= 0.6 is 0 Å². The van der Waals surface area contributed by atoms with Gasteiger partial charge in [-0.2, -0.15) is 0 Å². The molecule has 0 saturated carbocycles. The van der Waals surface area contributed by atoms with Crippen molar-refractivity contribution in [2.75, 3.05) is 0 Å². The molecule has 2 heteroatoms. The molecule has 0 atom stereocenters. The van der Waals surface area contributed by atoms with E-state index in [1.807, 2.05) is 0 Å². The fourth-order valence-electron chi connectivity index (χ4n) is 0. The molecule has 0 aromatic heterocycles. The van der Waals surface area contributed by atoms with Crippen LogP contribution in [-0.2, 0) is 0 Å². The van der Waals surface area contributed by atoms with E-state index in [0.717, 1.165) is 9.52 Å². The Morgan fingerprint density at radius 3 is 1.12 bits per heavy atom. The van der Waals surface area contributed by atoms with Crippen molar-refractivity contribution in [1.82, 2.24) is 0 Å². The van der Waals surface area contributed by atoms with Crippen LogP contribution in [0.15, 0.2) is 0 Å². The largest absolute Gasteiger partial charge is 0.0743 e. The molecule has 0 N–H and O–H groups in total. The second-order valence-corrected chi connectivity index (χ2v) is 8.26. The summed E-state index contributed by atoms with van der Waals surface area (Å²) in [6, 6.07) is 0. The first-order chi connectivity index (χ1) is 3.41. The number of rotatable bonds is 0. The predicted octanol–water partition coefficient (Wildman–Crippen LogP) is 1.89. The Kier molecular flexibility index (Phi) is 9.03. The molecule has 0 saturated heterocycles. The third-order valence-corrected chi connectivity index (χ3v) is 0. The summed E-state index contributed by atoms with van der Waals surface area (Å²) in [4.78, 5) is 0. The van der Waals surface area contributed by atoms with Gasteiger partial charge < -0.3 is 0 Å². The van der Waals surface area contributed by atoms with E-state index in [9.17, 15) is 0 Å². The molecule has 0 heterocycles. The molecule has 0 aromatic carbocycles. The van der Waals surface area contributed by atoms with Crippen LogP contribution in [0.2, 0.25) is 16.5 Å². The summed E-state index contributed by atoms with van der Waals surface area (Å²) >= 11 is 1.62. The molecule has 0 aliphatic carbocycles. The number of hydrogen-bond donors (Lipinski definition) is 0. The van der Waals surface area contributed by atoms with E-state index in [-0.39, 0.29) is 0 Å². The Hall–Kier alpha value is 1.02. The second kappa shape index (κ2) is 6.14. The van der Waals surface area contributed by atoms with Crippen molar-refractivity contribution in [2.45, 2.75) is 37.3 Å². The van der Waals surface area contributed by atoms with E-state index >= 15 is 0 Å². The molecule has 0 amide bonds. The average Bonchev–Trinajstić information content (AvgIpc) is 1.27. The average molecular weight is 235 g/mol. The van der Waals surface area contributed by atoms with Crippen LogP contribution in [-0.4, -0.2) is 32.0 Å². The first kappa shape index (κ1) is 11.8. The minimum atomic E-state index is 0.590. The summed E-state index contributed by atoms with van der Waals surface area (Å²) < 4.78 is 0.590. The van der Waals surface area contributed by atoms with Gasteiger partial charge in [0.05, 0.1) is 0 Å². The molecule has 4 radical (unpaired) electrons. The summed E-state index contributed by atoms with van der Waals surface area (Å²) in [5.41, 5.74) is 0. The summed E-state index contributed by atoms with van der Waals surface area (Å²) in [6.45, 7) is 11.1. The second-order valence-electron chi connectivity index (χ2n) is 2.83. The molecule has 48 valence electrons. The van der Waals surface area contributed by atoms with Crippen LogP contribution in [0.5, 0.6) is 0 Å². The van der Waals surface area contributed by atoms with Crippen LogP contribution in [0.25, 0.3) is 0 Å². The molecule has 0 aromatic rings. The van der Waals surface area contributed by atoms with E-state index in [0.29, 0.717) is 3.43 Å². The van der Waals surface area contributed by atoms with Gasteiger partial charge in [-0.15, -0.1) is 0 Å². The van der Waals surface area contributed by atoms with E-state index in [1.54, 1.807) is 22.5 Å². The van der Waals surface area contributed by atoms with Gasteiger partial charge in [-0.25, -0.2) is 0 Å². The van der Waals surface area contributed by atoms with Gasteiger partial charge in [-0.05, 0) is 0 Å². The van der Waals surface area contributed by atoms with Gasteiger partial charge in [0, 0.05) is 9.52 Å².